The van der Waals surface area contributed by atoms with Gasteiger partial charge in [0.1, 0.15) is 5.82 Å². The monoisotopic (exact) mass is 247 g/mol. The smallest absolute Gasteiger partial charge is 0.131 e. The Hall–Kier alpha value is -1.25. The third-order valence-electron chi connectivity index (χ3n) is 3.92. The molecule has 1 aliphatic rings. The summed E-state index contributed by atoms with van der Waals surface area (Å²) in [6.07, 6.45) is 8.43. The van der Waals surface area contributed by atoms with Crippen molar-refractivity contribution in [2.75, 3.05) is 23.7 Å². The second kappa shape index (κ2) is 6.07. The highest BCUT2D eigenvalue weighted by Gasteiger charge is 2.18. The summed E-state index contributed by atoms with van der Waals surface area (Å²) in [5.41, 5.74) is 7.73. The SMILES string of the molecule is CCCC1CCCN(c2ncc(N)cc2C)CC1. The van der Waals surface area contributed by atoms with E-state index in [0.29, 0.717) is 0 Å². The Morgan fingerprint density at radius 2 is 2.22 bits per heavy atom. The molecule has 1 fully saturated rings. The molecule has 0 aliphatic carbocycles. The van der Waals surface area contributed by atoms with E-state index in [1.54, 1.807) is 6.20 Å². The number of hydrogen-bond acceptors (Lipinski definition) is 3. The van der Waals surface area contributed by atoms with Crippen molar-refractivity contribution < 1.29 is 0 Å². The number of nitrogens with zero attached hydrogens (tertiary/aromatic N) is 2. The highest BCUT2D eigenvalue weighted by Crippen LogP contribution is 2.26. The van der Waals surface area contributed by atoms with Crippen LogP contribution in [0.5, 0.6) is 0 Å². The lowest BCUT2D eigenvalue weighted by Crippen LogP contribution is -2.26. The fourth-order valence-electron chi connectivity index (χ4n) is 2.99. The molecule has 1 aromatic rings. The summed E-state index contributed by atoms with van der Waals surface area (Å²) in [6.45, 7) is 6.67. The van der Waals surface area contributed by atoms with Crippen LogP contribution in [-0.4, -0.2) is 18.1 Å². The fraction of sp³-hybridized carbons (Fsp3) is 0.667. The van der Waals surface area contributed by atoms with Gasteiger partial charge in [0.05, 0.1) is 11.9 Å². The van der Waals surface area contributed by atoms with Crippen LogP contribution in [0.1, 0.15) is 44.6 Å². The average Bonchev–Trinajstić information content (AvgIpc) is 2.55. The van der Waals surface area contributed by atoms with Gasteiger partial charge in [-0.05, 0) is 43.7 Å². The van der Waals surface area contributed by atoms with Crippen LogP contribution in [0.15, 0.2) is 12.3 Å². The minimum atomic E-state index is 0.759. The molecule has 18 heavy (non-hydrogen) atoms. The molecule has 1 unspecified atom stereocenters. The number of hydrogen-bond donors (Lipinski definition) is 1. The van der Waals surface area contributed by atoms with Crippen LogP contribution < -0.4 is 10.6 Å². The topological polar surface area (TPSA) is 42.2 Å². The lowest BCUT2D eigenvalue weighted by atomic mass is 9.96. The maximum absolute atomic E-state index is 5.77. The second-order valence-electron chi connectivity index (χ2n) is 5.48. The van der Waals surface area contributed by atoms with E-state index in [9.17, 15) is 0 Å². The van der Waals surface area contributed by atoms with Crippen LogP contribution in [0.2, 0.25) is 0 Å². The van der Waals surface area contributed by atoms with Gasteiger partial charge < -0.3 is 10.6 Å². The quantitative estimate of drug-likeness (QED) is 0.890. The maximum Gasteiger partial charge on any atom is 0.131 e. The first-order valence-electron chi connectivity index (χ1n) is 7.17. The van der Waals surface area contributed by atoms with Crippen molar-refractivity contribution in [1.29, 1.82) is 0 Å². The number of anilines is 2. The summed E-state index contributed by atoms with van der Waals surface area (Å²) in [4.78, 5) is 6.95. The molecule has 2 rings (SSSR count). The van der Waals surface area contributed by atoms with Crippen LogP contribution in [0.4, 0.5) is 11.5 Å². The molecule has 0 radical (unpaired) electrons. The number of nitrogens with two attached hydrogens (primary N) is 1. The summed E-state index contributed by atoms with van der Waals surface area (Å²) in [6, 6.07) is 2.02. The molecule has 100 valence electrons. The van der Waals surface area contributed by atoms with Gasteiger partial charge >= 0.3 is 0 Å². The summed E-state index contributed by atoms with van der Waals surface area (Å²) < 4.78 is 0. The van der Waals surface area contributed by atoms with E-state index in [1.807, 2.05) is 6.07 Å². The van der Waals surface area contributed by atoms with Gasteiger partial charge in [-0.2, -0.15) is 0 Å². The Morgan fingerprint density at radius 1 is 1.39 bits per heavy atom. The second-order valence-corrected chi connectivity index (χ2v) is 5.48. The zero-order valence-corrected chi connectivity index (χ0v) is 11.7. The summed E-state index contributed by atoms with van der Waals surface area (Å²) in [7, 11) is 0. The minimum absolute atomic E-state index is 0.759. The van der Waals surface area contributed by atoms with E-state index in [4.69, 9.17) is 5.73 Å². The maximum atomic E-state index is 5.77. The standard InChI is InChI=1S/C15H25N3/c1-3-5-13-6-4-8-18(9-7-13)15-12(2)10-14(16)11-17-15/h10-11,13H,3-9,16H2,1-2H3. The van der Waals surface area contributed by atoms with Gasteiger partial charge in [0.15, 0.2) is 0 Å². The third kappa shape index (κ3) is 3.15. The fourth-order valence-corrected chi connectivity index (χ4v) is 2.99. The van der Waals surface area contributed by atoms with Gasteiger partial charge in [-0.25, -0.2) is 4.98 Å². The van der Waals surface area contributed by atoms with E-state index in [2.05, 4.69) is 23.7 Å². The highest BCUT2D eigenvalue weighted by molar-refractivity contribution is 5.52. The summed E-state index contributed by atoms with van der Waals surface area (Å²) >= 11 is 0. The highest BCUT2D eigenvalue weighted by atomic mass is 15.2. The minimum Gasteiger partial charge on any atom is -0.397 e. The number of rotatable bonds is 3. The van der Waals surface area contributed by atoms with Crippen LogP contribution in [0, 0.1) is 12.8 Å². The molecule has 0 spiro atoms. The first-order valence-corrected chi connectivity index (χ1v) is 7.17. The molecule has 3 heteroatoms. The van der Waals surface area contributed by atoms with E-state index < -0.39 is 0 Å². The van der Waals surface area contributed by atoms with Crippen molar-refractivity contribution in [3.8, 4) is 0 Å². The third-order valence-corrected chi connectivity index (χ3v) is 3.92. The zero-order chi connectivity index (χ0) is 13.0. The van der Waals surface area contributed by atoms with Crippen LogP contribution in [-0.2, 0) is 0 Å². The van der Waals surface area contributed by atoms with Crippen molar-refractivity contribution in [3.63, 3.8) is 0 Å². The molecular formula is C15H25N3. The molecule has 2 N–H and O–H groups in total. The first-order chi connectivity index (χ1) is 8.70. The van der Waals surface area contributed by atoms with Crippen molar-refractivity contribution in [3.05, 3.63) is 17.8 Å². The number of aromatic nitrogens is 1. The summed E-state index contributed by atoms with van der Waals surface area (Å²) in [5, 5.41) is 0. The Kier molecular flexibility index (Phi) is 4.45. The molecule has 1 saturated heterocycles. The normalized spacial score (nSPS) is 20.8. The van der Waals surface area contributed by atoms with E-state index in [-0.39, 0.29) is 0 Å². The van der Waals surface area contributed by atoms with Gasteiger partial charge in [0.25, 0.3) is 0 Å². The van der Waals surface area contributed by atoms with Gasteiger partial charge in [-0.15, -0.1) is 0 Å². The Labute approximate surface area is 110 Å². The first kappa shape index (κ1) is 13.2. The van der Waals surface area contributed by atoms with Crippen molar-refractivity contribution in [1.82, 2.24) is 4.98 Å². The van der Waals surface area contributed by atoms with Crippen molar-refractivity contribution in [2.24, 2.45) is 5.92 Å². The lowest BCUT2D eigenvalue weighted by molar-refractivity contribution is 0.435. The molecule has 1 aromatic heterocycles. The molecule has 0 bridgehead atoms. The van der Waals surface area contributed by atoms with Crippen LogP contribution in [0.3, 0.4) is 0 Å². The van der Waals surface area contributed by atoms with Crippen molar-refractivity contribution >= 4 is 11.5 Å². The predicted octanol–water partition coefficient (Wildman–Crippen LogP) is 3.38. The van der Waals surface area contributed by atoms with Gasteiger partial charge in [0, 0.05) is 13.1 Å². The van der Waals surface area contributed by atoms with E-state index >= 15 is 0 Å². The number of aryl methyl sites for hydroxylation is 1. The zero-order valence-electron chi connectivity index (χ0n) is 11.7. The van der Waals surface area contributed by atoms with Crippen molar-refractivity contribution in [2.45, 2.75) is 46.0 Å². The Balaban J connectivity index is 2.05. The number of nitrogen functional groups attached to an aromatic ring is 1. The van der Waals surface area contributed by atoms with Crippen LogP contribution in [0.25, 0.3) is 0 Å². The molecule has 1 aliphatic heterocycles. The van der Waals surface area contributed by atoms with Gasteiger partial charge in [-0.1, -0.05) is 19.8 Å². The van der Waals surface area contributed by atoms with E-state index in [0.717, 1.165) is 30.5 Å². The molecule has 0 aromatic carbocycles. The summed E-state index contributed by atoms with van der Waals surface area (Å²) in [5.74, 6) is 2.04. The van der Waals surface area contributed by atoms with Crippen LogP contribution >= 0.6 is 0 Å². The molecule has 3 nitrogen and oxygen atoms in total. The van der Waals surface area contributed by atoms with Gasteiger partial charge in [-0.3, -0.25) is 0 Å². The average molecular weight is 247 g/mol. The van der Waals surface area contributed by atoms with Gasteiger partial charge in [0.2, 0.25) is 0 Å². The molecule has 0 saturated carbocycles. The molecule has 2 heterocycles. The lowest BCUT2D eigenvalue weighted by Gasteiger charge is -2.23. The van der Waals surface area contributed by atoms with E-state index in [1.165, 1.54) is 37.7 Å². The Bertz CT molecular complexity index is 389. The molecule has 0 amide bonds. The molecular weight excluding hydrogens is 222 g/mol. The Morgan fingerprint density at radius 3 is 2.94 bits per heavy atom. The number of pyridine rings is 1. The predicted molar refractivity (Wildman–Crippen MR) is 77.8 cm³/mol. The largest absolute Gasteiger partial charge is 0.397 e. The molecule has 1 atom stereocenters.